The lowest BCUT2D eigenvalue weighted by atomic mass is 10.1. The molecule has 8 heteroatoms. The van der Waals surface area contributed by atoms with Gasteiger partial charge in [-0.05, 0) is 48.7 Å². The average Bonchev–Trinajstić information content (AvgIpc) is 3.56. The fourth-order valence-corrected chi connectivity index (χ4v) is 4.88. The molecule has 0 radical (unpaired) electrons. The molecule has 0 saturated heterocycles. The number of hydrogen-bond donors (Lipinski definition) is 4. The summed E-state index contributed by atoms with van der Waals surface area (Å²) in [4.78, 5) is 16.6. The van der Waals surface area contributed by atoms with Gasteiger partial charge in [-0.3, -0.25) is 9.89 Å². The molecule has 1 aliphatic heterocycles. The lowest BCUT2D eigenvalue weighted by Crippen LogP contribution is -2.42. The molecule has 5 N–H and O–H groups in total. The van der Waals surface area contributed by atoms with Gasteiger partial charge in [0.1, 0.15) is 11.5 Å². The molecule has 1 amide bonds. The van der Waals surface area contributed by atoms with Crippen molar-refractivity contribution >= 4 is 34.9 Å². The van der Waals surface area contributed by atoms with Gasteiger partial charge in [-0.25, -0.2) is 4.99 Å². The second-order valence-corrected chi connectivity index (χ2v) is 9.51. The van der Waals surface area contributed by atoms with Gasteiger partial charge < -0.3 is 16.4 Å². The molecule has 7 nitrogen and oxygen atoms in total. The van der Waals surface area contributed by atoms with Crippen molar-refractivity contribution in [2.24, 2.45) is 10.7 Å². The number of nitrogens with two attached hydrogens (primary N) is 1. The van der Waals surface area contributed by atoms with E-state index in [-0.39, 0.29) is 5.91 Å². The van der Waals surface area contributed by atoms with Gasteiger partial charge in [0.25, 0.3) is 0 Å². The number of benzene rings is 2. The number of carbonyl (C=O) groups is 1. The second-order valence-electron chi connectivity index (χ2n) is 8.24. The van der Waals surface area contributed by atoms with E-state index in [1.165, 1.54) is 24.6 Å². The average molecular weight is 459 g/mol. The normalized spacial score (nSPS) is 19.9. The summed E-state index contributed by atoms with van der Waals surface area (Å²) in [6.07, 6.45) is 4.65. The molecule has 1 atom stereocenters. The van der Waals surface area contributed by atoms with Gasteiger partial charge in [-0.2, -0.15) is 5.10 Å². The van der Waals surface area contributed by atoms with Crippen molar-refractivity contribution in [3.63, 3.8) is 0 Å². The maximum atomic E-state index is 11.7. The molecule has 1 aliphatic carbocycles. The van der Waals surface area contributed by atoms with Gasteiger partial charge in [0.2, 0.25) is 10.9 Å². The molecule has 168 valence electrons. The number of nitrogens with one attached hydrogen (secondary N) is 3. The van der Waals surface area contributed by atoms with Gasteiger partial charge in [-0.15, -0.1) is 0 Å². The summed E-state index contributed by atoms with van der Waals surface area (Å²) in [5, 5.41) is 14.3. The molecule has 3 aromatic rings. The van der Waals surface area contributed by atoms with E-state index in [0.29, 0.717) is 18.2 Å². The summed E-state index contributed by atoms with van der Waals surface area (Å²) < 4.78 is 0. The Morgan fingerprint density at radius 3 is 2.64 bits per heavy atom. The Kier molecular flexibility index (Phi) is 5.68. The minimum atomic E-state index is -0.929. The Bertz CT molecular complexity index is 1210. The number of thioether (sulfide) groups is 1. The Morgan fingerprint density at radius 2 is 1.94 bits per heavy atom. The van der Waals surface area contributed by atoms with E-state index in [1.807, 2.05) is 67.6 Å². The minimum Gasteiger partial charge on any atom is -0.384 e. The van der Waals surface area contributed by atoms with Crippen molar-refractivity contribution in [3.05, 3.63) is 83.7 Å². The highest BCUT2D eigenvalue weighted by Crippen LogP contribution is 2.46. The zero-order valence-electron chi connectivity index (χ0n) is 18.3. The van der Waals surface area contributed by atoms with E-state index >= 15 is 0 Å². The first kappa shape index (κ1) is 21.3. The van der Waals surface area contributed by atoms with Crippen LogP contribution in [0.4, 0.5) is 5.69 Å². The molecule has 1 aromatic heterocycles. The number of H-pyrrole nitrogens is 1. The Balaban J connectivity index is 1.50. The SMILES string of the molecule is CCC(=O)Nc1ccc(SC2(c3cc(C4CC4)[nH]n3)N=C(N)C=C(c3ccccc3)N2)cc1. The lowest BCUT2D eigenvalue weighted by molar-refractivity contribution is -0.115. The molecule has 0 spiro atoms. The number of nitrogens with zero attached hydrogens (tertiary/aromatic N) is 2. The van der Waals surface area contributed by atoms with Gasteiger partial charge in [0.05, 0.1) is 0 Å². The number of amides is 1. The van der Waals surface area contributed by atoms with Crippen LogP contribution in [0.5, 0.6) is 0 Å². The highest BCUT2D eigenvalue weighted by molar-refractivity contribution is 8.00. The van der Waals surface area contributed by atoms with Crippen LogP contribution in [-0.2, 0) is 9.79 Å². The van der Waals surface area contributed by atoms with E-state index in [2.05, 4.69) is 26.9 Å². The Hall–Kier alpha value is -3.52. The van der Waals surface area contributed by atoms with Crippen molar-refractivity contribution in [1.82, 2.24) is 15.5 Å². The van der Waals surface area contributed by atoms with Crippen molar-refractivity contribution < 1.29 is 4.79 Å². The molecule has 1 fully saturated rings. The summed E-state index contributed by atoms with van der Waals surface area (Å²) in [5.41, 5.74) is 10.9. The Labute approximate surface area is 197 Å². The summed E-state index contributed by atoms with van der Waals surface area (Å²) in [5.74, 6) is 0.965. The zero-order chi connectivity index (χ0) is 22.8. The third-order valence-electron chi connectivity index (χ3n) is 5.65. The monoisotopic (exact) mass is 458 g/mol. The molecular formula is C25H26N6OS. The van der Waals surface area contributed by atoms with Crippen LogP contribution in [0.3, 0.4) is 0 Å². The van der Waals surface area contributed by atoms with Crippen LogP contribution in [-0.4, -0.2) is 21.9 Å². The fourth-order valence-electron chi connectivity index (χ4n) is 3.74. The number of aromatic amines is 1. The molecule has 2 aromatic carbocycles. The molecule has 2 heterocycles. The number of rotatable bonds is 7. The van der Waals surface area contributed by atoms with E-state index in [1.54, 1.807) is 0 Å². The highest BCUT2D eigenvalue weighted by atomic mass is 32.2. The van der Waals surface area contributed by atoms with E-state index in [4.69, 9.17) is 10.7 Å². The van der Waals surface area contributed by atoms with Crippen molar-refractivity contribution in [1.29, 1.82) is 0 Å². The number of anilines is 1. The zero-order valence-corrected chi connectivity index (χ0v) is 19.2. The maximum Gasteiger partial charge on any atom is 0.229 e. The van der Waals surface area contributed by atoms with Gasteiger partial charge in [0.15, 0.2) is 0 Å². The predicted molar refractivity (Wildman–Crippen MR) is 133 cm³/mol. The van der Waals surface area contributed by atoms with Crippen LogP contribution >= 0.6 is 11.8 Å². The standard InChI is InChI=1S/C25H26N6OS/c1-2-24(32)27-18-10-12-19(13-11-18)33-25(22-14-21(30-31-22)17-8-9-17)28-20(15-23(26)29-25)16-6-4-3-5-7-16/h3-7,10-15,17,28H,2,8-9H2,1H3,(H2,26,29)(H,27,32)(H,30,31). The molecule has 5 rings (SSSR count). The van der Waals surface area contributed by atoms with Crippen molar-refractivity contribution in [2.45, 2.75) is 42.0 Å². The number of amidine groups is 1. The lowest BCUT2D eigenvalue weighted by Gasteiger charge is -2.34. The second kappa shape index (κ2) is 8.78. The van der Waals surface area contributed by atoms with Crippen LogP contribution in [0, 0.1) is 0 Å². The first-order valence-electron chi connectivity index (χ1n) is 11.1. The number of hydrogen-bond acceptors (Lipinski definition) is 6. The summed E-state index contributed by atoms with van der Waals surface area (Å²) in [6, 6.07) is 19.9. The highest BCUT2D eigenvalue weighted by Gasteiger charge is 2.40. The van der Waals surface area contributed by atoms with E-state index in [0.717, 1.165) is 33.2 Å². The molecule has 1 unspecified atom stereocenters. The van der Waals surface area contributed by atoms with Crippen LogP contribution in [0.25, 0.3) is 5.70 Å². The van der Waals surface area contributed by atoms with Crippen LogP contribution in [0.15, 0.2) is 76.6 Å². The van der Waals surface area contributed by atoms with Gasteiger partial charge >= 0.3 is 0 Å². The molecule has 1 saturated carbocycles. The number of aromatic nitrogens is 2. The van der Waals surface area contributed by atoms with E-state index in [9.17, 15) is 4.79 Å². The number of aliphatic imine (C=N–C) groups is 1. The smallest absolute Gasteiger partial charge is 0.229 e. The van der Waals surface area contributed by atoms with Crippen LogP contribution in [0.1, 0.15) is 49.1 Å². The quantitative estimate of drug-likeness (QED) is 0.416. The first-order valence-corrected chi connectivity index (χ1v) is 11.9. The molecule has 2 aliphatic rings. The number of carbonyl (C=O) groups excluding carboxylic acids is 1. The topological polar surface area (TPSA) is 108 Å². The Morgan fingerprint density at radius 1 is 1.18 bits per heavy atom. The maximum absolute atomic E-state index is 11.7. The molecule has 0 bridgehead atoms. The van der Waals surface area contributed by atoms with Crippen LogP contribution in [0.2, 0.25) is 0 Å². The predicted octanol–water partition coefficient (Wildman–Crippen LogP) is 4.54. The van der Waals surface area contributed by atoms with Gasteiger partial charge in [-0.1, -0.05) is 49.0 Å². The van der Waals surface area contributed by atoms with Gasteiger partial charge in [0, 0.05) is 40.4 Å². The van der Waals surface area contributed by atoms with E-state index < -0.39 is 4.99 Å². The minimum absolute atomic E-state index is 0.0139. The molecular weight excluding hydrogens is 432 g/mol. The fraction of sp³-hybridized carbons (Fsp3) is 0.240. The third-order valence-corrected chi connectivity index (χ3v) is 6.86. The largest absolute Gasteiger partial charge is 0.384 e. The third kappa shape index (κ3) is 4.66. The summed E-state index contributed by atoms with van der Waals surface area (Å²) in [6.45, 7) is 1.83. The van der Waals surface area contributed by atoms with Crippen molar-refractivity contribution in [3.8, 4) is 0 Å². The summed E-state index contributed by atoms with van der Waals surface area (Å²) >= 11 is 1.53. The molecule has 33 heavy (non-hydrogen) atoms. The van der Waals surface area contributed by atoms with Crippen molar-refractivity contribution in [2.75, 3.05) is 5.32 Å². The first-order chi connectivity index (χ1) is 16.0. The van der Waals surface area contributed by atoms with Crippen LogP contribution < -0.4 is 16.4 Å². The summed E-state index contributed by atoms with van der Waals surface area (Å²) in [7, 11) is 0.